The van der Waals surface area contributed by atoms with E-state index < -0.39 is 0 Å². The van der Waals surface area contributed by atoms with Gasteiger partial charge in [-0.15, -0.1) is 0 Å². The van der Waals surface area contributed by atoms with Crippen LogP contribution in [0.1, 0.15) is 36.4 Å². The molecular formula is C19H26N2O4. The molecule has 0 radical (unpaired) electrons. The van der Waals surface area contributed by atoms with E-state index >= 15 is 0 Å². The van der Waals surface area contributed by atoms with Crippen molar-refractivity contribution < 1.29 is 18.8 Å². The number of carbonyl (C=O) groups excluding carboxylic acids is 1. The van der Waals surface area contributed by atoms with Crippen LogP contribution in [-0.2, 0) is 17.6 Å². The lowest BCUT2D eigenvalue weighted by molar-refractivity contribution is -0.120. The van der Waals surface area contributed by atoms with Gasteiger partial charge in [0.05, 0.1) is 25.3 Å². The lowest BCUT2D eigenvalue weighted by Gasteiger charge is -2.12. The smallest absolute Gasteiger partial charge is 0.224 e. The minimum absolute atomic E-state index is 0.0367. The Labute approximate surface area is 148 Å². The molecule has 136 valence electrons. The molecule has 1 amide bonds. The van der Waals surface area contributed by atoms with Gasteiger partial charge in [0, 0.05) is 12.1 Å². The third kappa shape index (κ3) is 5.24. The molecule has 1 heterocycles. The number of aromatic nitrogens is 1. The number of hydrogen-bond acceptors (Lipinski definition) is 5. The average Bonchev–Trinajstić information content (AvgIpc) is 2.89. The van der Waals surface area contributed by atoms with Crippen LogP contribution in [0.2, 0.25) is 0 Å². The monoisotopic (exact) mass is 346 g/mol. The number of aryl methyl sites for hydroxylation is 2. The first kappa shape index (κ1) is 18.8. The van der Waals surface area contributed by atoms with Gasteiger partial charge in [0.25, 0.3) is 0 Å². The maximum atomic E-state index is 12.1. The Kier molecular flexibility index (Phi) is 6.86. The van der Waals surface area contributed by atoms with Crippen LogP contribution in [0.15, 0.2) is 22.7 Å². The zero-order valence-electron chi connectivity index (χ0n) is 15.3. The van der Waals surface area contributed by atoms with E-state index in [0.717, 1.165) is 34.7 Å². The van der Waals surface area contributed by atoms with Crippen molar-refractivity contribution in [3.63, 3.8) is 0 Å². The number of nitrogens with one attached hydrogen (secondary N) is 1. The van der Waals surface area contributed by atoms with Gasteiger partial charge >= 0.3 is 0 Å². The van der Waals surface area contributed by atoms with Gasteiger partial charge in [0.1, 0.15) is 5.76 Å². The number of ether oxygens (including phenoxy) is 2. The summed E-state index contributed by atoms with van der Waals surface area (Å²) in [5.74, 6) is 2.14. The summed E-state index contributed by atoms with van der Waals surface area (Å²) in [6.45, 7) is 9.28. The standard InChI is InChI=1S/C19H26N2O4/c1-5-23-17-8-7-15(11-18(17)24-6-2)9-10-20-19(22)12-16-13(3)21-25-14(16)4/h7-8,11H,5-6,9-10,12H2,1-4H3,(H,20,22). The lowest BCUT2D eigenvalue weighted by atomic mass is 10.1. The second kappa shape index (κ2) is 9.11. The molecule has 6 heteroatoms. The van der Waals surface area contributed by atoms with Gasteiger partial charge in [-0.1, -0.05) is 11.2 Å². The fourth-order valence-corrected chi connectivity index (χ4v) is 2.57. The predicted octanol–water partition coefficient (Wildman–Crippen LogP) is 2.99. The molecule has 0 saturated heterocycles. The molecule has 0 atom stereocenters. The molecule has 0 aliphatic heterocycles. The Hall–Kier alpha value is -2.50. The number of carbonyl (C=O) groups is 1. The van der Waals surface area contributed by atoms with E-state index in [2.05, 4.69) is 10.5 Å². The topological polar surface area (TPSA) is 73.6 Å². The van der Waals surface area contributed by atoms with Crippen molar-refractivity contribution in [3.8, 4) is 11.5 Å². The van der Waals surface area contributed by atoms with Crippen molar-refractivity contribution in [1.82, 2.24) is 10.5 Å². The highest BCUT2D eigenvalue weighted by molar-refractivity contribution is 5.79. The predicted molar refractivity (Wildman–Crippen MR) is 95.2 cm³/mol. The van der Waals surface area contributed by atoms with Crippen LogP contribution in [0, 0.1) is 13.8 Å². The Bertz CT molecular complexity index is 690. The highest BCUT2D eigenvalue weighted by atomic mass is 16.5. The molecule has 0 fully saturated rings. The molecule has 25 heavy (non-hydrogen) atoms. The molecule has 1 aromatic heterocycles. The Morgan fingerprint density at radius 3 is 2.52 bits per heavy atom. The molecule has 0 saturated carbocycles. The van der Waals surface area contributed by atoms with Crippen LogP contribution in [0.5, 0.6) is 11.5 Å². The van der Waals surface area contributed by atoms with E-state index in [9.17, 15) is 4.79 Å². The van der Waals surface area contributed by atoms with Crippen LogP contribution in [0.3, 0.4) is 0 Å². The van der Waals surface area contributed by atoms with Gasteiger partial charge < -0.3 is 19.3 Å². The van der Waals surface area contributed by atoms with E-state index in [1.165, 1.54) is 0 Å². The molecule has 0 aliphatic rings. The van der Waals surface area contributed by atoms with Crippen LogP contribution in [0.4, 0.5) is 0 Å². The third-order valence-corrected chi connectivity index (χ3v) is 3.86. The van der Waals surface area contributed by atoms with Crippen molar-refractivity contribution in [2.24, 2.45) is 0 Å². The van der Waals surface area contributed by atoms with Gasteiger partial charge in [0.15, 0.2) is 11.5 Å². The summed E-state index contributed by atoms with van der Waals surface area (Å²) < 4.78 is 16.3. The normalized spacial score (nSPS) is 10.6. The molecule has 0 spiro atoms. The first-order chi connectivity index (χ1) is 12.0. The van der Waals surface area contributed by atoms with Crippen molar-refractivity contribution >= 4 is 5.91 Å². The van der Waals surface area contributed by atoms with Crippen molar-refractivity contribution in [2.45, 2.75) is 40.5 Å². The molecule has 0 unspecified atom stereocenters. The minimum Gasteiger partial charge on any atom is -0.490 e. The van der Waals surface area contributed by atoms with Crippen molar-refractivity contribution in [3.05, 3.63) is 40.8 Å². The second-order valence-electron chi connectivity index (χ2n) is 5.73. The van der Waals surface area contributed by atoms with Gasteiger partial charge in [0.2, 0.25) is 5.91 Å². The Morgan fingerprint density at radius 2 is 1.88 bits per heavy atom. The third-order valence-electron chi connectivity index (χ3n) is 3.86. The zero-order valence-corrected chi connectivity index (χ0v) is 15.3. The van der Waals surface area contributed by atoms with Gasteiger partial charge in [-0.05, 0) is 51.8 Å². The van der Waals surface area contributed by atoms with E-state index in [4.69, 9.17) is 14.0 Å². The SMILES string of the molecule is CCOc1ccc(CCNC(=O)Cc2c(C)noc2C)cc1OCC. The van der Waals surface area contributed by atoms with Gasteiger partial charge in [-0.2, -0.15) is 0 Å². The number of benzene rings is 1. The molecule has 6 nitrogen and oxygen atoms in total. The average molecular weight is 346 g/mol. The molecule has 2 aromatic rings. The maximum absolute atomic E-state index is 12.1. The molecule has 1 aromatic carbocycles. The van der Waals surface area contributed by atoms with Crippen LogP contribution < -0.4 is 14.8 Å². The highest BCUT2D eigenvalue weighted by Gasteiger charge is 2.13. The molecule has 0 aliphatic carbocycles. The van der Waals surface area contributed by atoms with Gasteiger partial charge in [-0.3, -0.25) is 4.79 Å². The molecule has 0 bridgehead atoms. The minimum atomic E-state index is -0.0367. The summed E-state index contributed by atoms with van der Waals surface area (Å²) in [5.41, 5.74) is 2.71. The Morgan fingerprint density at radius 1 is 1.16 bits per heavy atom. The van der Waals surface area contributed by atoms with E-state index in [0.29, 0.717) is 25.5 Å². The van der Waals surface area contributed by atoms with Crippen LogP contribution in [0.25, 0.3) is 0 Å². The fraction of sp³-hybridized carbons (Fsp3) is 0.474. The summed E-state index contributed by atoms with van der Waals surface area (Å²) in [7, 11) is 0. The first-order valence-electron chi connectivity index (χ1n) is 8.62. The summed E-state index contributed by atoms with van der Waals surface area (Å²) in [4.78, 5) is 12.1. The maximum Gasteiger partial charge on any atom is 0.224 e. The summed E-state index contributed by atoms with van der Waals surface area (Å²) in [6.07, 6.45) is 1.01. The first-order valence-corrected chi connectivity index (χ1v) is 8.62. The zero-order chi connectivity index (χ0) is 18.2. The van der Waals surface area contributed by atoms with E-state index in [1.54, 1.807) is 0 Å². The molecule has 2 rings (SSSR count). The van der Waals surface area contributed by atoms with Crippen LogP contribution in [-0.4, -0.2) is 30.8 Å². The quantitative estimate of drug-likeness (QED) is 0.755. The molecule has 1 N–H and O–H groups in total. The number of amides is 1. The van der Waals surface area contributed by atoms with E-state index in [1.807, 2.05) is 45.9 Å². The fourth-order valence-electron chi connectivity index (χ4n) is 2.57. The number of nitrogens with zero attached hydrogens (tertiary/aromatic N) is 1. The summed E-state index contributed by atoms with van der Waals surface area (Å²) in [5, 5.41) is 6.80. The van der Waals surface area contributed by atoms with Gasteiger partial charge in [-0.25, -0.2) is 0 Å². The summed E-state index contributed by atoms with van der Waals surface area (Å²) in [6, 6.07) is 5.87. The van der Waals surface area contributed by atoms with Crippen LogP contribution >= 0.6 is 0 Å². The van der Waals surface area contributed by atoms with E-state index in [-0.39, 0.29) is 12.3 Å². The van der Waals surface area contributed by atoms with Crippen molar-refractivity contribution in [1.29, 1.82) is 0 Å². The molecular weight excluding hydrogens is 320 g/mol. The number of rotatable bonds is 9. The van der Waals surface area contributed by atoms with Crippen molar-refractivity contribution in [2.75, 3.05) is 19.8 Å². The Balaban J connectivity index is 1.88. The lowest BCUT2D eigenvalue weighted by Crippen LogP contribution is -2.27. The summed E-state index contributed by atoms with van der Waals surface area (Å²) >= 11 is 0. The second-order valence-corrected chi connectivity index (χ2v) is 5.73. The largest absolute Gasteiger partial charge is 0.490 e. The highest BCUT2D eigenvalue weighted by Crippen LogP contribution is 2.28. The number of hydrogen-bond donors (Lipinski definition) is 1.